The van der Waals surface area contributed by atoms with Crippen molar-refractivity contribution < 1.29 is 14.6 Å². The number of fused-ring (bicyclic) bond motifs is 1. The van der Waals surface area contributed by atoms with Crippen LogP contribution < -0.4 is 0 Å². The zero-order chi connectivity index (χ0) is 13.8. The second kappa shape index (κ2) is 4.45. The number of carbonyl (C=O) groups excluding carboxylic acids is 1. The third kappa shape index (κ3) is 1.83. The number of amides is 1. The Balaban J connectivity index is 1.73. The largest absolute Gasteiger partial charge is 0.392 e. The predicted octanol–water partition coefficient (Wildman–Crippen LogP) is 1.42. The van der Waals surface area contributed by atoms with Crippen molar-refractivity contribution in [2.45, 2.75) is 57.8 Å². The molecule has 1 saturated heterocycles. The van der Waals surface area contributed by atoms with Gasteiger partial charge >= 0.3 is 0 Å². The average molecular weight is 267 g/mol. The standard InChI is InChI=1S/C15H25NO3/c1-15(2)12(10-7-8-19-13(10)15)16(3)14(18)9-5-4-6-11(9)17/h9-13,17H,4-8H2,1-3H3. The lowest BCUT2D eigenvalue weighted by Crippen LogP contribution is -2.67. The first-order chi connectivity index (χ1) is 8.94. The molecule has 0 spiro atoms. The Hall–Kier alpha value is -0.610. The fraction of sp³-hybridized carbons (Fsp3) is 0.933. The van der Waals surface area contributed by atoms with Crippen LogP contribution in [0.3, 0.4) is 0 Å². The van der Waals surface area contributed by atoms with Crippen molar-refractivity contribution in [3.63, 3.8) is 0 Å². The van der Waals surface area contributed by atoms with Crippen LogP contribution in [-0.2, 0) is 9.53 Å². The predicted molar refractivity (Wildman–Crippen MR) is 71.5 cm³/mol. The van der Waals surface area contributed by atoms with Crippen LogP contribution in [0.1, 0.15) is 39.5 Å². The lowest BCUT2D eigenvalue weighted by Gasteiger charge is -2.58. The highest BCUT2D eigenvalue weighted by Gasteiger charge is 2.61. The van der Waals surface area contributed by atoms with E-state index < -0.39 is 6.10 Å². The molecular weight excluding hydrogens is 242 g/mol. The summed E-state index contributed by atoms with van der Waals surface area (Å²) in [7, 11) is 1.91. The van der Waals surface area contributed by atoms with Crippen molar-refractivity contribution in [2.24, 2.45) is 17.3 Å². The van der Waals surface area contributed by atoms with E-state index in [1.807, 2.05) is 11.9 Å². The molecule has 3 aliphatic rings. The van der Waals surface area contributed by atoms with E-state index in [0.29, 0.717) is 12.0 Å². The van der Waals surface area contributed by atoms with E-state index in [1.165, 1.54) is 0 Å². The number of rotatable bonds is 2. The highest BCUT2D eigenvalue weighted by molar-refractivity contribution is 5.80. The lowest BCUT2D eigenvalue weighted by molar-refractivity contribution is -0.172. The van der Waals surface area contributed by atoms with Gasteiger partial charge in [-0.2, -0.15) is 0 Å². The molecule has 5 unspecified atom stereocenters. The highest BCUT2D eigenvalue weighted by Crippen LogP contribution is 2.54. The molecule has 4 heteroatoms. The van der Waals surface area contributed by atoms with Gasteiger partial charge in [0.05, 0.1) is 18.1 Å². The van der Waals surface area contributed by atoms with Crippen molar-refractivity contribution in [2.75, 3.05) is 13.7 Å². The van der Waals surface area contributed by atoms with E-state index in [2.05, 4.69) is 13.8 Å². The summed E-state index contributed by atoms with van der Waals surface area (Å²) >= 11 is 0. The number of carbonyl (C=O) groups is 1. The summed E-state index contributed by atoms with van der Waals surface area (Å²) < 4.78 is 5.79. The van der Waals surface area contributed by atoms with Crippen LogP contribution in [0.2, 0.25) is 0 Å². The molecule has 5 atom stereocenters. The first kappa shape index (κ1) is 13.4. The maximum Gasteiger partial charge on any atom is 0.228 e. The zero-order valence-electron chi connectivity index (χ0n) is 12.1. The van der Waals surface area contributed by atoms with E-state index in [1.54, 1.807) is 0 Å². The Labute approximate surface area is 115 Å². The van der Waals surface area contributed by atoms with Crippen molar-refractivity contribution in [1.82, 2.24) is 4.90 Å². The Bertz CT molecular complexity index is 382. The highest BCUT2D eigenvalue weighted by atomic mass is 16.5. The summed E-state index contributed by atoms with van der Waals surface area (Å²) in [6.07, 6.45) is 3.50. The van der Waals surface area contributed by atoms with Crippen LogP contribution in [0.15, 0.2) is 0 Å². The summed E-state index contributed by atoms with van der Waals surface area (Å²) in [4.78, 5) is 14.5. The van der Waals surface area contributed by atoms with Gasteiger partial charge in [0, 0.05) is 31.0 Å². The molecule has 0 aromatic rings. The molecule has 0 aromatic heterocycles. The molecule has 2 aliphatic carbocycles. The van der Waals surface area contributed by atoms with E-state index in [-0.39, 0.29) is 23.3 Å². The van der Waals surface area contributed by atoms with Gasteiger partial charge < -0.3 is 14.7 Å². The third-order valence-corrected chi connectivity index (χ3v) is 5.60. The van der Waals surface area contributed by atoms with Crippen LogP contribution in [0.5, 0.6) is 0 Å². The minimum Gasteiger partial charge on any atom is -0.392 e. The molecule has 3 rings (SSSR count). The van der Waals surface area contributed by atoms with Crippen LogP contribution in [0.4, 0.5) is 0 Å². The maximum absolute atomic E-state index is 12.6. The second-order valence-corrected chi connectivity index (χ2v) is 7.06. The molecule has 1 aliphatic heterocycles. The van der Waals surface area contributed by atoms with Gasteiger partial charge in [-0.15, -0.1) is 0 Å². The molecular formula is C15H25NO3. The molecule has 1 N–H and O–H groups in total. The summed E-state index contributed by atoms with van der Waals surface area (Å²) in [6, 6.07) is 0.264. The quantitative estimate of drug-likeness (QED) is 0.823. The third-order valence-electron chi connectivity index (χ3n) is 5.60. The molecule has 4 nitrogen and oxygen atoms in total. The van der Waals surface area contributed by atoms with Gasteiger partial charge in [0.15, 0.2) is 0 Å². The first-order valence-electron chi connectivity index (χ1n) is 7.51. The van der Waals surface area contributed by atoms with Crippen LogP contribution in [0, 0.1) is 17.3 Å². The fourth-order valence-electron chi connectivity index (χ4n) is 4.71. The number of hydrogen-bond acceptors (Lipinski definition) is 3. The van der Waals surface area contributed by atoms with E-state index in [9.17, 15) is 9.90 Å². The maximum atomic E-state index is 12.6. The monoisotopic (exact) mass is 267 g/mol. The fourth-order valence-corrected chi connectivity index (χ4v) is 4.71. The van der Waals surface area contributed by atoms with E-state index in [0.717, 1.165) is 32.3 Å². The van der Waals surface area contributed by atoms with Crippen LogP contribution in [0.25, 0.3) is 0 Å². The van der Waals surface area contributed by atoms with Gasteiger partial charge in [-0.05, 0) is 25.7 Å². The lowest BCUT2D eigenvalue weighted by atomic mass is 9.56. The van der Waals surface area contributed by atoms with Gasteiger partial charge in [0.2, 0.25) is 5.91 Å². The number of aliphatic hydroxyl groups excluding tert-OH is 1. The average Bonchev–Trinajstić information content (AvgIpc) is 2.95. The molecule has 0 aromatic carbocycles. The van der Waals surface area contributed by atoms with Crippen molar-refractivity contribution in [1.29, 1.82) is 0 Å². The van der Waals surface area contributed by atoms with E-state index in [4.69, 9.17) is 4.74 Å². The minimum atomic E-state index is -0.436. The van der Waals surface area contributed by atoms with Gasteiger partial charge in [0.1, 0.15) is 0 Å². The number of nitrogens with zero attached hydrogens (tertiary/aromatic N) is 1. The Kier molecular flexibility index (Phi) is 3.13. The molecule has 19 heavy (non-hydrogen) atoms. The van der Waals surface area contributed by atoms with Crippen LogP contribution >= 0.6 is 0 Å². The van der Waals surface area contributed by atoms with Gasteiger partial charge in [-0.1, -0.05) is 13.8 Å². The summed E-state index contributed by atoms with van der Waals surface area (Å²) in [6.45, 7) is 5.21. The second-order valence-electron chi connectivity index (χ2n) is 7.06. The SMILES string of the molecule is CN(C(=O)C1CCCC1O)C1C2CCOC2C1(C)C. The van der Waals surface area contributed by atoms with Gasteiger partial charge in [-0.3, -0.25) is 4.79 Å². The van der Waals surface area contributed by atoms with E-state index >= 15 is 0 Å². The molecule has 3 fully saturated rings. The molecule has 108 valence electrons. The number of aliphatic hydroxyl groups is 1. The number of hydrogen-bond donors (Lipinski definition) is 1. The summed E-state index contributed by atoms with van der Waals surface area (Å²) in [5.74, 6) is 0.443. The first-order valence-corrected chi connectivity index (χ1v) is 7.51. The molecule has 0 bridgehead atoms. The van der Waals surface area contributed by atoms with Crippen molar-refractivity contribution in [3.8, 4) is 0 Å². The summed E-state index contributed by atoms with van der Waals surface area (Å²) in [5.41, 5.74) is 0.0368. The van der Waals surface area contributed by atoms with Crippen molar-refractivity contribution in [3.05, 3.63) is 0 Å². The zero-order valence-corrected chi connectivity index (χ0v) is 12.1. The summed E-state index contributed by atoms with van der Waals surface area (Å²) in [5, 5.41) is 9.93. The Morgan fingerprint density at radius 2 is 2.05 bits per heavy atom. The van der Waals surface area contributed by atoms with Crippen molar-refractivity contribution >= 4 is 5.91 Å². The Morgan fingerprint density at radius 3 is 2.68 bits per heavy atom. The minimum absolute atomic E-state index is 0.0368. The molecule has 1 amide bonds. The van der Waals surface area contributed by atoms with Gasteiger partial charge in [-0.25, -0.2) is 0 Å². The number of ether oxygens (including phenoxy) is 1. The smallest absolute Gasteiger partial charge is 0.228 e. The topological polar surface area (TPSA) is 49.8 Å². The van der Waals surface area contributed by atoms with Gasteiger partial charge in [0.25, 0.3) is 0 Å². The molecule has 1 heterocycles. The molecule has 2 saturated carbocycles. The normalized spacial score (nSPS) is 43.7. The van der Waals surface area contributed by atoms with Crippen LogP contribution in [-0.4, -0.2) is 47.8 Å². The molecule has 0 radical (unpaired) electrons. The Morgan fingerprint density at radius 1 is 1.32 bits per heavy atom.